The quantitative estimate of drug-likeness (QED) is 0.621. The van der Waals surface area contributed by atoms with Crippen molar-refractivity contribution in [1.29, 1.82) is 0 Å². The van der Waals surface area contributed by atoms with Gasteiger partial charge in [0.05, 0.1) is 31.8 Å². The first-order valence-corrected chi connectivity index (χ1v) is 12.6. The molecule has 176 valence electrons. The van der Waals surface area contributed by atoms with E-state index in [0.29, 0.717) is 13.0 Å². The van der Waals surface area contributed by atoms with Crippen LogP contribution in [-0.2, 0) is 23.8 Å². The van der Waals surface area contributed by atoms with Crippen LogP contribution in [0.2, 0.25) is 0 Å². The summed E-state index contributed by atoms with van der Waals surface area (Å²) in [7, 11) is 3.79. The maximum absolute atomic E-state index is 12.4. The zero-order chi connectivity index (χ0) is 23.2. The van der Waals surface area contributed by atoms with E-state index in [1.54, 1.807) is 18.4 Å². The van der Waals surface area contributed by atoms with Gasteiger partial charge in [-0.1, -0.05) is 6.92 Å². The fourth-order valence-electron chi connectivity index (χ4n) is 5.95. The van der Waals surface area contributed by atoms with Crippen LogP contribution in [0.4, 0.5) is 0 Å². The zero-order valence-corrected chi connectivity index (χ0v) is 20.4. The van der Waals surface area contributed by atoms with Crippen molar-refractivity contribution in [3.05, 3.63) is 46.0 Å². The van der Waals surface area contributed by atoms with Crippen LogP contribution < -0.4 is 4.74 Å². The Morgan fingerprint density at radius 1 is 1.33 bits per heavy atom. The predicted octanol–water partition coefficient (Wildman–Crippen LogP) is 3.46. The van der Waals surface area contributed by atoms with Crippen LogP contribution in [0.1, 0.15) is 48.5 Å². The highest BCUT2D eigenvalue weighted by Crippen LogP contribution is 2.50. The molecule has 7 nitrogen and oxygen atoms in total. The Bertz CT molecular complexity index is 1150. The first-order chi connectivity index (χ1) is 16.0. The minimum atomic E-state index is -0.103. The molecule has 2 aliphatic heterocycles. The lowest BCUT2D eigenvalue weighted by Gasteiger charge is -2.50. The molecule has 1 aromatic carbocycles. The molecule has 4 heterocycles. The minimum absolute atomic E-state index is 0.0518. The van der Waals surface area contributed by atoms with Gasteiger partial charge in [0.2, 0.25) is 5.91 Å². The molecule has 0 aliphatic carbocycles. The molecule has 1 N–H and O–H groups in total. The van der Waals surface area contributed by atoms with E-state index in [-0.39, 0.29) is 24.0 Å². The minimum Gasteiger partial charge on any atom is -0.497 e. The number of fused-ring (bicyclic) bond motifs is 4. The third-order valence-corrected chi connectivity index (χ3v) is 8.38. The summed E-state index contributed by atoms with van der Waals surface area (Å²) in [5.41, 5.74) is 3.58. The highest BCUT2D eigenvalue weighted by molar-refractivity contribution is 7.09. The predicted molar refractivity (Wildman–Crippen MR) is 130 cm³/mol. The van der Waals surface area contributed by atoms with Crippen LogP contribution in [0, 0.1) is 0 Å². The van der Waals surface area contributed by atoms with Crippen molar-refractivity contribution in [2.45, 2.75) is 44.2 Å². The Labute approximate surface area is 198 Å². The molecule has 3 aromatic rings. The molecule has 33 heavy (non-hydrogen) atoms. The lowest BCUT2D eigenvalue weighted by atomic mass is 9.68. The fraction of sp³-hybridized carbons (Fsp3) is 0.520. The molecule has 1 spiro atoms. The van der Waals surface area contributed by atoms with Crippen LogP contribution in [0.25, 0.3) is 10.9 Å². The first kappa shape index (κ1) is 22.4. The van der Waals surface area contributed by atoms with E-state index in [0.717, 1.165) is 48.7 Å². The Morgan fingerprint density at radius 2 is 2.12 bits per heavy atom. The number of methoxy groups -OCH3 is 1. The normalized spacial score (nSPS) is 20.4. The Kier molecular flexibility index (Phi) is 5.93. The highest BCUT2D eigenvalue weighted by Gasteiger charge is 2.48. The van der Waals surface area contributed by atoms with Gasteiger partial charge < -0.3 is 19.3 Å². The van der Waals surface area contributed by atoms with Gasteiger partial charge in [-0.2, -0.15) is 0 Å². The van der Waals surface area contributed by atoms with Gasteiger partial charge in [0.1, 0.15) is 10.8 Å². The number of amides is 1. The second kappa shape index (κ2) is 8.74. The number of aromatic nitrogens is 2. The average molecular weight is 469 g/mol. The summed E-state index contributed by atoms with van der Waals surface area (Å²) in [6.07, 6.45) is 4.24. The van der Waals surface area contributed by atoms with Crippen LogP contribution in [0.15, 0.2) is 29.8 Å². The zero-order valence-electron chi connectivity index (χ0n) is 19.6. The number of aryl methyl sites for hydroxylation is 1. The van der Waals surface area contributed by atoms with Gasteiger partial charge in [-0.25, -0.2) is 4.98 Å². The number of rotatable bonds is 5. The van der Waals surface area contributed by atoms with Crippen molar-refractivity contribution in [1.82, 2.24) is 19.4 Å². The number of benzene rings is 1. The van der Waals surface area contributed by atoms with Crippen LogP contribution >= 0.6 is 11.3 Å². The maximum Gasteiger partial charge on any atom is 0.222 e. The summed E-state index contributed by atoms with van der Waals surface area (Å²) in [5.74, 6) is 1.06. The average Bonchev–Trinajstić information content (AvgIpc) is 3.46. The van der Waals surface area contributed by atoms with E-state index >= 15 is 0 Å². The number of hydrogen-bond donors (Lipinski definition) is 1. The van der Waals surface area contributed by atoms with Crippen molar-refractivity contribution < 1.29 is 14.6 Å². The standard InChI is InChI=1S/C25H32N4O3S/c1-4-22(31)28-10-7-25(8-11-28)16-29(14-21-26-9-12-33-21)20(15-30)24-23(25)18-6-5-17(32-3)13-19(18)27(24)2/h5-6,9,12-13,20,30H,4,7-8,10-11,14-16H2,1-3H3/t20-/m1/s1. The summed E-state index contributed by atoms with van der Waals surface area (Å²) in [5, 5.41) is 14.9. The molecule has 5 rings (SSSR count). The third kappa shape index (κ3) is 3.64. The molecule has 2 aliphatic rings. The number of aliphatic hydroxyl groups excluding tert-OH is 1. The molecule has 2 aromatic heterocycles. The van der Waals surface area contributed by atoms with E-state index in [1.165, 1.54) is 16.6 Å². The number of carbonyl (C=O) groups is 1. The summed E-state index contributed by atoms with van der Waals surface area (Å²) >= 11 is 1.66. The van der Waals surface area contributed by atoms with Gasteiger partial charge in [0.15, 0.2) is 0 Å². The summed E-state index contributed by atoms with van der Waals surface area (Å²) < 4.78 is 7.76. The SMILES string of the molecule is CCC(=O)N1CCC2(CC1)CN(Cc1nccs1)[C@H](CO)c1c2c2ccc(OC)cc2n1C. The fourth-order valence-corrected chi connectivity index (χ4v) is 6.59. The molecule has 8 heteroatoms. The van der Waals surface area contributed by atoms with Crippen molar-refractivity contribution in [3.63, 3.8) is 0 Å². The Balaban J connectivity index is 1.65. The van der Waals surface area contributed by atoms with E-state index in [2.05, 4.69) is 33.6 Å². The van der Waals surface area contributed by atoms with Gasteiger partial charge in [-0.3, -0.25) is 9.69 Å². The van der Waals surface area contributed by atoms with Crippen molar-refractivity contribution >= 4 is 28.1 Å². The van der Waals surface area contributed by atoms with Crippen molar-refractivity contribution in [2.24, 2.45) is 7.05 Å². The number of ether oxygens (including phenoxy) is 1. The number of piperidine rings is 1. The van der Waals surface area contributed by atoms with Crippen molar-refractivity contribution in [2.75, 3.05) is 33.4 Å². The summed E-state index contributed by atoms with van der Waals surface area (Å²) in [4.78, 5) is 21.3. The van der Waals surface area contributed by atoms with Crippen LogP contribution in [-0.4, -0.2) is 63.7 Å². The molecule has 1 amide bonds. The number of likely N-dealkylation sites (tertiary alicyclic amines) is 1. The molecule has 1 atom stereocenters. The molecular formula is C25H32N4O3S. The molecule has 0 radical (unpaired) electrons. The second-order valence-corrected chi connectivity index (χ2v) is 10.2. The Hall–Kier alpha value is -2.42. The topological polar surface area (TPSA) is 70.8 Å². The second-order valence-electron chi connectivity index (χ2n) is 9.25. The monoisotopic (exact) mass is 468 g/mol. The van der Waals surface area contributed by atoms with E-state index in [4.69, 9.17) is 4.74 Å². The molecule has 0 saturated carbocycles. The first-order valence-electron chi connectivity index (χ1n) is 11.7. The third-order valence-electron chi connectivity index (χ3n) is 7.62. The number of thiazole rings is 1. The number of nitrogens with zero attached hydrogens (tertiary/aromatic N) is 4. The van der Waals surface area contributed by atoms with Gasteiger partial charge in [0, 0.05) is 67.2 Å². The summed E-state index contributed by atoms with van der Waals surface area (Å²) in [6.45, 7) is 5.10. The Morgan fingerprint density at radius 3 is 2.76 bits per heavy atom. The molecule has 0 bridgehead atoms. The molecular weight excluding hydrogens is 436 g/mol. The van der Waals surface area contributed by atoms with Gasteiger partial charge in [-0.05, 0) is 30.5 Å². The molecule has 0 unspecified atom stereocenters. The lowest BCUT2D eigenvalue weighted by molar-refractivity contribution is -0.132. The smallest absolute Gasteiger partial charge is 0.222 e. The van der Waals surface area contributed by atoms with E-state index < -0.39 is 0 Å². The number of carbonyl (C=O) groups excluding carboxylic acids is 1. The number of aliphatic hydroxyl groups is 1. The van der Waals surface area contributed by atoms with Gasteiger partial charge in [0.25, 0.3) is 0 Å². The highest BCUT2D eigenvalue weighted by atomic mass is 32.1. The van der Waals surface area contributed by atoms with Crippen molar-refractivity contribution in [3.8, 4) is 5.75 Å². The van der Waals surface area contributed by atoms with Gasteiger partial charge in [-0.15, -0.1) is 11.3 Å². The van der Waals surface area contributed by atoms with Crippen LogP contribution in [0.5, 0.6) is 5.75 Å². The number of hydrogen-bond acceptors (Lipinski definition) is 6. The van der Waals surface area contributed by atoms with Gasteiger partial charge >= 0.3 is 0 Å². The van der Waals surface area contributed by atoms with Crippen LogP contribution in [0.3, 0.4) is 0 Å². The lowest BCUT2D eigenvalue weighted by Crippen LogP contribution is -2.54. The van der Waals surface area contributed by atoms with E-state index in [1.807, 2.05) is 29.5 Å². The molecule has 1 fully saturated rings. The maximum atomic E-state index is 12.4. The summed E-state index contributed by atoms with van der Waals surface area (Å²) in [6, 6.07) is 6.19. The van der Waals surface area contributed by atoms with E-state index in [9.17, 15) is 9.90 Å². The molecule has 1 saturated heterocycles. The largest absolute Gasteiger partial charge is 0.497 e.